The second-order valence-electron chi connectivity index (χ2n) is 8.53. The van der Waals surface area contributed by atoms with Gasteiger partial charge in [0.1, 0.15) is 5.82 Å². The van der Waals surface area contributed by atoms with Crippen LogP contribution in [0.15, 0.2) is 90.4 Å². The van der Waals surface area contributed by atoms with Crippen molar-refractivity contribution in [3.05, 3.63) is 119 Å². The van der Waals surface area contributed by atoms with Crippen molar-refractivity contribution in [1.82, 2.24) is 14.3 Å². The van der Waals surface area contributed by atoms with Crippen LogP contribution in [0.2, 0.25) is 0 Å². The summed E-state index contributed by atoms with van der Waals surface area (Å²) in [6, 6.07) is 24.4. The Bertz CT molecular complexity index is 1420. The highest BCUT2D eigenvalue weighted by molar-refractivity contribution is 7.15. The Balaban J connectivity index is 1.38. The zero-order chi connectivity index (χ0) is 24.2. The highest BCUT2D eigenvalue weighted by atomic mass is 32.1. The summed E-state index contributed by atoms with van der Waals surface area (Å²) < 4.78 is 15.4. The van der Waals surface area contributed by atoms with Crippen molar-refractivity contribution >= 4 is 22.2 Å². The molecule has 176 valence electrons. The van der Waals surface area contributed by atoms with E-state index < -0.39 is 0 Å². The summed E-state index contributed by atoms with van der Waals surface area (Å²) >= 11 is 1.57. The minimum absolute atomic E-state index is 0.0283. The molecule has 6 heteroatoms. The molecule has 4 nitrogen and oxygen atoms in total. The van der Waals surface area contributed by atoms with Gasteiger partial charge in [0.25, 0.3) is 5.91 Å². The van der Waals surface area contributed by atoms with Crippen LogP contribution in [0.4, 0.5) is 4.39 Å². The van der Waals surface area contributed by atoms with E-state index in [-0.39, 0.29) is 11.7 Å². The standard InChI is InChI=1S/C29H26FN3OS/c1-2-21-8-10-24(11-9-21)28(34)32(18-22-6-4-3-5-7-22)17-16-26-20-35-29-31-27(19-33(26)29)23-12-14-25(30)15-13-23/h3-15,19-20H,2,16-18H2,1H3. The normalized spacial score (nSPS) is 11.1. The molecule has 5 rings (SSSR count). The quantitative estimate of drug-likeness (QED) is 0.248. The lowest BCUT2D eigenvalue weighted by Crippen LogP contribution is -2.32. The van der Waals surface area contributed by atoms with Crippen molar-refractivity contribution < 1.29 is 9.18 Å². The molecule has 0 fully saturated rings. The van der Waals surface area contributed by atoms with Gasteiger partial charge in [-0.05, 0) is 53.9 Å². The molecule has 35 heavy (non-hydrogen) atoms. The summed E-state index contributed by atoms with van der Waals surface area (Å²) in [5.74, 6) is -0.233. The number of imidazole rings is 1. The molecule has 2 aromatic heterocycles. The van der Waals surface area contributed by atoms with Gasteiger partial charge in [0.05, 0.1) is 5.69 Å². The Morgan fingerprint density at radius 1 is 0.971 bits per heavy atom. The molecule has 1 amide bonds. The van der Waals surface area contributed by atoms with Gasteiger partial charge in [0.2, 0.25) is 0 Å². The predicted octanol–water partition coefficient (Wildman–Crippen LogP) is 6.65. The number of hydrogen-bond donors (Lipinski definition) is 0. The third-order valence-electron chi connectivity index (χ3n) is 6.17. The number of carbonyl (C=O) groups is 1. The average Bonchev–Trinajstić information content (AvgIpc) is 3.49. The monoisotopic (exact) mass is 483 g/mol. The fraction of sp³-hybridized carbons (Fsp3) is 0.172. The first-order chi connectivity index (χ1) is 17.1. The summed E-state index contributed by atoms with van der Waals surface area (Å²) in [6.07, 6.45) is 3.63. The number of carbonyl (C=O) groups excluding carboxylic acids is 1. The molecule has 0 atom stereocenters. The van der Waals surface area contributed by atoms with Gasteiger partial charge in [0, 0.05) is 47.9 Å². The van der Waals surface area contributed by atoms with Crippen LogP contribution in [0, 0.1) is 5.82 Å². The molecule has 0 spiro atoms. The van der Waals surface area contributed by atoms with Crippen LogP contribution in [-0.4, -0.2) is 26.7 Å². The van der Waals surface area contributed by atoms with Gasteiger partial charge >= 0.3 is 0 Å². The highest BCUT2D eigenvalue weighted by Crippen LogP contribution is 2.24. The summed E-state index contributed by atoms with van der Waals surface area (Å²) in [5, 5.41) is 2.10. The SMILES string of the molecule is CCc1ccc(C(=O)N(CCc2csc3nc(-c4ccc(F)cc4)cn23)Cc2ccccc2)cc1. The Morgan fingerprint density at radius 2 is 1.71 bits per heavy atom. The second kappa shape index (κ2) is 10.2. The van der Waals surface area contributed by atoms with Gasteiger partial charge < -0.3 is 4.90 Å². The van der Waals surface area contributed by atoms with Crippen LogP contribution in [-0.2, 0) is 19.4 Å². The lowest BCUT2D eigenvalue weighted by Gasteiger charge is -2.23. The van der Waals surface area contributed by atoms with Crippen LogP contribution in [0.1, 0.15) is 34.1 Å². The number of thiazole rings is 1. The number of hydrogen-bond acceptors (Lipinski definition) is 3. The molecule has 0 aliphatic heterocycles. The van der Waals surface area contributed by atoms with Gasteiger partial charge in [-0.1, -0.05) is 49.4 Å². The lowest BCUT2D eigenvalue weighted by molar-refractivity contribution is 0.0744. The number of benzene rings is 3. The number of aryl methyl sites for hydroxylation is 1. The smallest absolute Gasteiger partial charge is 0.254 e. The van der Waals surface area contributed by atoms with Gasteiger partial charge in [-0.3, -0.25) is 9.20 Å². The first-order valence-electron chi connectivity index (χ1n) is 11.7. The van der Waals surface area contributed by atoms with Crippen LogP contribution >= 0.6 is 11.3 Å². The summed E-state index contributed by atoms with van der Waals surface area (Å²) in [7, 11) is 0. The maximum atomic E-state index is 13.5. The van der Waals surface area contributed by atoms with Crippen molar-refractivity contribution in [2.24, 2.45) is 0 Å². The lowest BCUT2D eigenvalue weighted by atomic mass is 10.1. The molecule has 0 radical (unpaired) electrons. The molecule has 0 saturated heterocycles. The first kappa shape index (κ1) is 23.0. The number of rotatable bonds is 8. The zero-order valence-corrected chi connectivity index (χ0v) is 20.3. The Morgan fingerprint density at radius 3 is 2.43 bits per heavy atom. The second-order valence-corrected chi connectivity index (χ2v) is 9.36. The zero-order valence-electron chi connectivity index (χ0n) is 19.5. The molecule has 0 unspecified atom stereocenters. The van der Waals surface area contributed by atoms with Crippen LogP contribution in [0.3, 0.4) is 0 Å². The highest BCUT2D eigenvalue weighted by Gasteiger charge is 2.18. The molecule has 2 heterocycles. The van der Waals surface area contributed by atoms with Crippen LogP contribution in [0.5, 0.6) is 0 Å². The maximum absolute atomic E-state index is 13.5. The van der Waals surface area contributed by atoms with Gasteiger partial charge in [-0.15, -0.1) is 11.3 Å². The van der Waals surface area contributed by atoms with Gasteiger partial charge in [-0.2, -0.15) is 0 Å². The third-order valence-corrected chi connectivity index (χ3v) is 7.06. The van der Waals surface area contributed by atoms with E-state index in [0.717, 1.165) is 33.9 Å². The van der Waals surface area contributed by atoms with E-state index in [0.29, 0.717) is 25.1 Å². The van der Waals surface area contributed by atoms with E-state index >= 15 is 0 Å². The average molecular weight is 484 g/mol. The number of halogens is 1. The molecule has 3 aromatic carbocycles. The summed E-state index contributed by atoms with van der Waals surface area (Å²) in [4.78, 5) is 21.0. The molecule has 5 aromatic rings. The third kappa shape index (κ3) is 5.17. The molecule has 0 aliphatic rings. The fourth-order valence-corrected chi connectivity index (χ4v) is 5.05. The number of fused-ring (bicyclic) bond motifs is 1. The molecular weight excluding hydrogens is 457 g/mol. The van der Waals surface area contributed by atoms with Crippen molar-refractivity contribution in [3.8, 4) is 11.3 Å². The molecule has 0 aliphatic carbocycles. The van der Waals surface area contributed by atoms with Crippen LogP contribution < -0.4 is 0 Å². The van der Waals surface area contributed by atoms with Crippen molar-refractivity contribution in [2.45, 2.75) is 26.3 Å². The Labute approximate surface area is 208 Å². The Hall–Kier alpha value is -3.77. The van der Waals surface area contributed by atoms with E-state index in [1.807, 2.05) is 65.7 Å². The largest absolute Gasteiger partial charge is 0.334 e. The number of aromatic nitrogens is 2. The molecule has 0 saturated carbocycles. The molecular formula is C29H26FN3OS. The van der Waals surface area contributed by atoms with E-state index in [4.69, 9.17) is 4.98 Å². The number of nitrogens with zero attached hydrogens (tertiary/aromatic N) is 3. The van der Waals surface area contributed by atoms with E-state index in [1.54, 1.807) is 23.5 Å². The van der Waals surface area contributed by atoms with Crippen molar-refractivity contribution in [2.75, 3.05) is 6.54 Å². The van der Waals surface area contributed by atoms with Crippen LogP contribution in [0.25, 0.3) is 16.2 Å². The van der Waals surface area contributed by atoms with Crippen molar-refractivity contribution in [1.29, 1.82) is 0 Å². The van der Waals surface area contributed by atoms with E-state index in [9.17, 15) is 9.18 Å². The summed E-state index contributed by atoms with van der Waals surface area (Å²) in [6.45, 7) is 3.24. The van der Waals surface area contributed by atoms with E-state index in [2.05, 4.69) is 16.7 Å². The number of amides is 1. The predicted molar refractivity (Wildman–Crippen MR) is 139 cm³/mol. The van der Waals surface area contributed by atoms with Gasteiger partial charge in [0.15, 0.2) is 4.96 Å². The minimum Gasteiger partial charge on any atom is -0.334 e. The van der Waals surface area contributed by atoms with Crippen molar-refractivity contribution in [3.63, 3.8) is 0 Å². The fourth-order valence-electron chi connectivity index (χ4n) is 4.14. The summed E-state index contributed by atoms with van der Waals surface area (Å²) in [5.41, 5.74) is 5.81. The topological polar surface area (TPSA) is 37.6 Å². The first-order valence-corrected chi connectivity index (χ1v) is 12.6. The molecule has 0 N–H and O–H groups in total. The maximum Gasteiger partial charge on any atom is 0.254 e. The minimum atomic E-state index is -0.261. The Kier molecular flexibility index (Phi) is 6.73. The molecule has 0 bridgehead atoms. The van der Waals surface area contributed by atoms with E-state index in [1.165, 1.54) is 17.7 Å². The van der Waals surface area contributed by atoms with Gasteiger partial charge in [-0.25, -0.2) is 9.37 Å².